The van der Waals surface area contributed by atoms with E-state index < -0.39 is 11.1 Å². The van der Waals surface area contributed by atoms with Crippen molar-refractivity contribution in [3.63, 3.8) is 0 Å². The Morgan fingerprint density at radius 1 is 1.06 bits per heavy atom. The van der Waals surface area contributed by atoms with E-state index in [0.29, 0.717) is 5.82 Å². The van der Waals surface area contributed by atoms with E-state index in [9.17, 15) is 9.59 Å². The molecule has 0 amide bonds. The molecule has 0 bridgehead atoms. The number of H-pyrrole nitrogens is 2. The zero-order valence-electron chi connectivity index (χ0n) is 10.4. The Morgan fingerprint density at radius 3 is 2.61 bits per heavy atom. The first-order chi connectivity index (χ1) is 8.72. The molecule has 0 atom stereocenters. The standard InChI is InChI=1S/C11H17N5O2/c1-2-3-4-5-6-7-8-13-14-11-12-9(17)10(18)15-16(8)11/h2-7H2,1H3,(H,15,18)(H,12,14,17). The summed E-state index contributed by atoms with van der Waals surface area (Å²) in [6.07, 6.45) is 6.54. The lowest BCUT2D eigenvalue weighted by molar-refractivity contribution is 0.614. The zero-order valence-corrected chi connectivity index (χ0v) is 10.4. The van der Waals surface area contributed by atoms with Crippen molar-refractivity contribution in [3.05, 3.63) is 26.5 Å². The third-order valence-corrected chi connectivity index (χ3v) is 2.88. The highest BCUT2D eigenvalue weighted by Crippen LogP contribution is 2.06. The number of rotatable bonds is 6. The van der Waals surface area contributed by atoms with Crippen molar-refractivity contribution in [1.82, 2.24) is 24.8 Å². The molecule has 2 rings (SSSR count). The molecule has 0 saturated heterocycles. The van der Waals surface area contributed by atoms with Crippen LogP contribution in [0.3, 0.4) is 0 Å². The molecular formula is C11H17N5O2. The fourth-order valence-electron chi connectivity index (χ4n) is 1.87. The molecule has 0 saturated carbocycles. The molecule has 2 aromatic heterocycles. The molecule has 0 aliphatic carbocycles. The minimum Gasteiger partial charge on any atom is -0.285 e. The molecule has 2 N–H and O–H groups in total. The van der Waals surface area contributed by atoms with Gasteiger partial charge < -0.3 is 0 Å². The number of hydrogen-bond acceptors (Lipinski definition) is 4. The van der Waals surface area contributed by atoms with Gasteiger partial charge in [0.25, 0.3) is 5.78 Å². The van der Waals surface area contributed by atoms with Crippen LogP contribution in [-0.2, 0) is 6.42 Å². The maximum Gasteiger partial charge on any atom is 0.328 e. The van der Waals surface area contributed by atoms with Gasteiger partial charge in [0.05, 0.1) is 0 Å². The van der Waals surface area contributed by atoms with Crippen LogP contribution in [0.25, 0.3) is 5.78 Å². The summed E-state index contributed by atoms with van der Waals surface area (Å²) in [4.78, 5) is 24.7. The smallest absolute Gasteiger partial charge is 0.285 e. The van der Waals surface area contributed by atoms with Crippen molar-refractivity contribution in [1.29, 1.82) is 0 Å². The Kier molecular flexibility index (Phi) is 3.91. The van der Waals surface area contributed by atoms with Gasteiger partial charge in [0.15, 0.2) is 5.82 Å². The quantitative estimate of drug-likeness (QED) is 0.581. The summed E-state index contributed by atoms with van der Waals surface area (Å²) in [5.74, 6) is 0.956. The summed E-state index contributed by atoms with van der Waals surface area (Å²) >= 11 is 0. The van der Waals surface area contributed by atoms with Crippen molar-refractivity contribution in [2.75, 3.05) is 0 Å². The number of hydrogen-bond donors (Lipinski definition) is 2. The van der Waals surface area contributed by atoms with Crippen LogP contribution in [0, 0.1) is 0 Å². The van der Waals surface area contributed by atoms with Crippen molar-refractivity contribution in [2.24, 2.45) is 0 Å². The van der Waals surface area contributed by atoms with Gasteiger partial charge in [-0.2, -0.15) is 0 Å². The second-order valence-corrected chi connectivity index (χ2v) is 4.33. The minimum absolute atomic E-state index is 0.281. The molecule has 0 unspecified atom stereocenters. The van der Waals surface area contributed by atoms with Crippen LogP contribution in [0.4, 0.5) is 0 Å². The van der Waals surface area contributed by atoms with E-state index in [0.717, 1.165) is 19.3 Å². The molecule has 0 aliphatic heterocycles. The molecule has 2 heterocycles. The van der Waals surface area contributed by atoms with Crippen LogP contribution in [-0.4, -0.2) is 24.8 Å². The van der Waals surface area contributed by atoms with Gasteiger partial charge >= 0.3 is 11.1 Å². The Labute approximate surface area is 103 Å². The average Bonchev–Trinajstić information content (AvgIpc) is 2.72. The number of aryl methyl sites for hydroxylation is 1. The lowest BCUT2D eigenvalue weighted by Crippen LogP contribution is -2.32. The van der Waals surface area contributed by atoms with Gasteiger partial charge in [0.1, 0.15) is 0 Å². The van der Waals surface area contributed by atoms with E-state index in [1.807, 2.05) is 0 Å². The van der Waals surface area contributed by atoms with Crippen LogP contribution in [0.1, 0.15) is 44.9 Å². The molecule has 18 heavy (non-hydrogen) atoms. The summed E-state index contributed by atoms with van der Waals surface area (Å²) in [7, 11) is 0. The molecule has 0 spiro atoms. The topological polar surface area (TPSA) is 95.9 Å². The molecule has 0 aliphatic rings. The normalized spacial score (nSPS) is 11.2. The third kappa shape index (κ3) is 2.66. The predicted molar refractivity (Wildman–Crippen MR) is 66.7 cm³/mol. The number of nitrogens with one attached hydrogen (secondary N) is 2. The van der Waals surface area contributed by atoms with Gasteiger partial charge in [0.2, 0.25) is 0 Å². The van der Waals surface area contributed by atoms with Crippen molar-refractivity contribution in [2.45, 2.75) is 45.4 Å². The van der Waals surface area contributed by atoms with Crippen LogP contribution in [0.15, 0.2) is 9.59 Å². The number of aromatic amines is 2. The molecule has 0 fully saturated rings. The third-order valence-electron chi connectivity index (χ3n) is 2.88. The molecule has 7 heteroatoms. The van der Waals surface area contributed by atoms with Crippen molar-refractivity contribution in [3.8, 4) is 0 Å². The molecule has 98 valence electrons. The molecular weight excluding hydrogens is 234 g/mol. The predicted octanol–water partition coefficient (Wildman–Crippen LogP) is 0.619. The summed E-state index contributed by atoms with van der Waals surface area (Å²) < 4.78 is 1.45. The summed E-state index contributed by atoms with van der Waals surface area (Å²) in [6, 6.07) is 0. The first-order valence-electron chi connectivity index (χ1n) is 6.29. The lowest BCUT2D eigenvalue weighted by Gasteiger charge is -1.99. The highest BCUT2D eigenvalue weighted by Gasteiger charge is 2.07. The van der Waals surface area contributed by atoms with E-state index in [4.69, 9.17) is 0 Å². The van der Waals surface area contributed by atoms with E-state index in [2.05, 4.69) is 27.2 Å². The molecule has 0 aromatic carbocycles. The van der Waals surface area contributed by atoms with Gasteiger partial charge in [-0.05, 0) is 6.42 Å². The summed E-state index contributed by atoms with van der Waals surface area (Å²) in [6.45, 7) is 2.17. The van der Waals surface area contributed by atoms with Gasteiger partial charge in [-0.25, -0.2) is 4.52 Å². The minimum atomic E-state index is -0.704. The van der Waals surface area contributed by atoms with E-state index >= 15 is 0 Å². The maximum absolute atomic E-state index is 11.2. The maximum atomic E-state index is 11.2. The van der Waals surface area contributed by atoms with E-state index in [1.54, 1.807) is 0 Å². The van der Waals surface area contributed by atoms with E-state index in [-0.39, 0.29) is 5.78 Å². The first-order valence-corrected chi connectivity index (χ1v) is 6.29. The average molecular weight is 251 g/mol. The number of aromatic nitrogens is 5. The van der Waals surface area contributed by atoms with Crippen LogP contribution < -0.4 is 11.1 Å². The Balaban J connectivity index is 2.07. The SMILES string of the molecule is CCCCCCCc1nnc2[nH]c(=O)c(=O)[nH]n12. The van der Waals surface area contributed by atoms with Gasteiger partial charge in [-0.1, -0.05) is 32.6 Å². The Hall–Kier alpha value is -1.92. The van der Waals surface area contributed by atoms with Crippen LogP contribution in [0.2, 0.25) is 0 Å². The second kappa shape index (κ2) is 5.61. The largest absolute Gasteiger partial charge is 0.328 e. The van der Waals surface area contributed by atoms with Crippen molar-refractivity contribution >= 4 is 5.78 Å². The summed E-state index contributed by atoms with van der Waals surface area (Å²) in [5, 5.41) is 10.2. The lowest BCUT2D eigenvalue weighted by atomic mass is 10.1. The van der Waals surface area contributed by atoms with Crippen molar-refractivity contribution < 1.29 is 0 Å². The Bertz CT molecular complexity index is 624. The molecule has 7 nitrogen and oxygen atoms in total. The van der Waals surface area contributed by atoms with Gasteiger partial charge in [-0.3, -0.25) is 19.7 Å². The van der Waals surface area contributed by atoms with Gasteiger partial charge in [-0.15, -0.1) is 10.2 Å². The number of nitrogens with zero attached hydrogens (tertiary/aromatic N) is 3. The fraction of sp³-hybridized carbons (Fsp3) is 0.636. The highest BCUT2D eigenvalue weighted by molar-refractivity contribution is 5.23. The monoisotopic (exact) mass is 251 g/mol. The zero-order chi connectivity index (χ0) is 13.0. The number of unbranched alkanes of at least 4 members (excludes halogenated alkanes) is 4. The fourth-order valence-corrected chi connectivity index (χ4v) is 1.87. The summed E-state index contributed by atoms with van der Waals surface area (Å²) in [5.41, 5.74) is -1.39. The second-order valence-electron chi connectivity index (χ2n) is 4.33. The van der Waals surface area contributed by atoms with E-state index in [1.165, 1.54) is 23.8 Å². The van der Waals surface area contributed by atoms with Gasteiger partial charge in [0, 0.05) is 6.42 Å². The Morgan fingerprint density at radius 2 is 1.83 bits per heavy atom. The van der Waals surface area contributed by atoms with Crippen LogP contribution in [0.5, 0.6) is 0 Å². The highest BCUT2D eigenvalue weighted by atomic mass is 16.2. The van der Waals surface area contributed by atoms with Crippen LogP contribution >= 0.6 is 0 Å². The first kappa shape index (κ1) is 12.5. The number of fused-ring (bicyclic) bond motifs is 1. The molecule has 2 aromatic rings. The molecule has 0 radical (unpaired) electrons.